The second-order valence-corrected chi connectivity index (χ2v) is 10.3. The first-order chi connectivity index (χ1) is 21.1. The summed E-state index contributed by atoms with van der Waals surface area (Å²) in [5.74, 6) is -7.98. The number of carbonyl (C=O) groups is 1. The Hall–Kier alpha value is -4.91. The average Bonchev–Trinajstić information content (AvgIpc) is 3.31. The molecule has 13 heteroatoms. The van der Waals surface area contributed by atoms with Crippen molar-refractivity contribution in [1.82, 2.24) is 19.5 Å². The number of imidazole rings is 1. The van der Waals surface area contributed by atoms with Crippen LogP contribution < -0.4 is 4.74 Å². The number of ether oxygens (including phenoxy) is 2. The van der Waals surface area contributed by atoms with Crippen molar-refractivity contribution in [2.45, 2.75) is 39.0 Å². The number of halogens is 5. The minimum absolute atomic E-state index is 0.000803. The van der Waals surface area contributed by atoms with E-state index in [1.165, 1.54) is 30.3 Å². The van der Waals surface area contributed by atoms with E-state index in [1.54, 1.807) is 17.6 Å². The molecule has 0 saturated carbocycles. The van der Waals surface area contributed by atoms with Crippen molar-refractivity contribution in [3.8, 4) is 17.3 Å². The molecule has 3 heterocycles. The Labute approximate surface area is 246 Å². The SMILES string of the molecule is Cc1ccc(COc2nc(-c3cc(F)c(Cc4nc5ccc(C(=O)O)cc5n4CC4CCO4)c(F)c3F)ncc2F)c(F)c1. The van der Waals surface area contributed by atoms with E-state index in [9.17, 15) is 18.7 Å². The highest BCUT2D eigenvalue weighted by atomic mass is 19.2. The maximum absolute atomic E-state index is 15.5. The van der Waals surface area contributed by atoms with Gasteiger partial charge in [-0.2, -0.15) is 9.37 Å². The summed E-state index contributed by atoms with van der Waals surface area (Å²) in [6.45, 7) is 2.07. The molecule has 226 valence electrons. The van der Waals surface area contributed by atoms with Crippen molar-refractivity contribution in [2.75, 3.05) is 6.61 Å². The van der Waals surface area contributed by atoms with Crippen molar-refractivity contribution in [3.63, 3.8) is 0 Å². The lowest BCUT2D eigenvalue weighted by molar-refractivity contribution is -0.0589. The van der Waals surface area contributed by atoms with E-state index < -0.39 is 70.9 Å². The second kappa shape index (κ2) is 11.6. The number of fused-ring (bicyclic) bond motifs is 1. The molecule has 0 spiro atoms. The number of rotatable bonds is 9. The zero-order valence-electron chi connectivity index (χ0n) is 23.1. The molecule has 3 aromatic carbocycles. The summed E-state index contributed by atoms with van der Waals surface area (Å²) in [4.78, 5) is 23.4. The third-order valence-corrected chi connectivity index (χ3v) is 7.37. The molecule has 6 rings (SSSR count). The van der Waals surface area contributed by atoms with Gasteiger partial charge in [-0.1, -0.05) is 12.1 Å². The monoisotopic (exact) mass is 610 g/mol. The highest BCUT2D eigenvalue weighted by Crippen LogP contribution is 2.31. The normalized spacial score (nSPS) is 14.5. The Kier molecular flexibility index (Phi) is 7.72. The molecule has 5 aromatic rings. The highest BCUT2D eigenvalue weighted by Gasteiger charge is 2.27. The molecule has 1 fully saturated rings. The molecule has 2 aromatic heterocycles. The third kappa shape index (κ3) is 5.57. The zero-order chi connectivity index (χ0) is 31.1. The quantitative estimate of drug-likeness (QED) is 0.158. The molecule has 0 bridgehead atoms. The lowest BCUT2D eigenvalue weighted by atomic mass is 10.0. The molecule has 0 amide bonds. The molecule has 44 heavy (non-hydrogen) atoms. The number of hydrogen-bond donors (Lipinski definition) is 1. The number of aromatic carboxylic acids is 1. The zero-order valence-corrected chi connectivity index (χ0v) is 23.1. The van der Waals surface area contributed by atoms with Gasteiger partial charge in [0, 0.05) is 24.2 Å². The number of carboxylic acids is 1. The summed E-state index contributed by atoms with van der Waals surface area (Å²) in [6, 6.07) is 9.29. The summed E-state index contributed by atoms with van der Waals surface area (Å²) in [5, 5.41) is 9.43. The first-order valence-corrected chi connectivity index (χ1v) is 13.5. The lowest BCUT2D eigenvalue weighted by Gasteiger charge is -2.27. The van der Waals surface area contributed by atoms with Crippen LogP contribution >= 0.6 is 0 Å². The maximum Gasteiger partial charge on any atom is 0.335 e. The van der Waals surface area contributed by atoms with Gasteiger partial charge in [-0.05, 0) is 49.2 Å². The van der Waals surface area contributed by atoms with Crippen LogP contribution in [0.3, 0.4) is 0 Å². The van der Waals surface area contributed by atoms with E-state index >= 15 is 13.2 Å². The molecule has 1 atom stereocenters. The molecule has 1 saturated heterocycles. The van der Waals surface area contributed by atoms with E-state index in [-0.39, 0.29) is 29.6 Å². The summed E-state index contributed by atoms with van der Waals surface area (Å²) in [5.41, 5.74) is 0.269. The Bertz CT molecular complexity index is 1930. The van der Waals surface area contributed by atoms with Gasteiger partial charge in [-0.25, -0.2) is 32.3 Å². The largest absolute Gasteiger partial charge is 0.478 e. The van der Waals surface area contributed by atoms with E-state index in [1.807, 2.05) is 0 Å². The predicted molar refractivity (Wildman–Crippen MR) is 147 cm³/mol. The third-order valence-electron chi connectivity index (χ3n) is 7.37. The molecule has 0 aliphatic carbocycles. The smallest absolute Gasteiger partial charge is 0.335 e. The van der Waals surface area contributed by atoms with Gasteiger partial charge in [-0.3, -0.25) is 0 Å². The molecule has 1 aliphatic rings. The van der Waals surface area contributed by atoms with Gasteiger partial charge < -0.3 is 19.1 Å². The van der Waals surface area contributed by atoms with Crippen molar-refractivity contribution in [3.05, 3.63) is 106 Å². The fourth-order valence-corrected chi connectivity index (χ4v) is 4.89. The Balaban J connectivity index is 1.32. The van der Waals surface area contributed by atoms with Crippen LogP contribution in [0.4, 0.5) is 22.0 Å². The number of nitrogens with zero attached hydrogens (tertiary/aromatic N) is 4. The van der Waals surface area contributed by atoms with Gasteiger partial charge >= 0.3 is 5.97 Å². The lowest BCUT2D eigenvalue weighted by Crippen LogP contribution is -2.31. The van der Waals surface area contributed by atoms with Crippen LogP contribution in [0.25, 0.3) is 22.4 Å². The molecular formula is C31H23F5N4O4. The van der Waals surface area contributed by atoms with E-state index in [0.717, 1.165) is 6.42 Å². The van der Waals surface area contributed by atoms with Gasteiger partial charge in [0.15, 0.2) is 17.5 Å². The molecular weight excluding hydrogens is 587 g/mol. The fourth-order valence-electron chi connectivity index (χ4n) is 4.89. The Morgan fingerprint density at radius 2 is 1.82 bits per heavy atom. The van der Waals surface area contributed by atoms with Crippen LogP contribution in [-0.2, 0) is 24.3 Å². The van der Waals surface area contributed by atoms with Crippen molar-refractivity contribution in [1.29, 1.82) is 0 Å². The van der Waals surface area contributed by atoms with Gasteiger partial charge in [0.1, 0.15) is 24.1 Å². The molecule has 8 nitrogen and oxygen atoms in total. The number of aryl methyl sites for hydroxylation is 1. The number of hydrogen-bond acceptors (Lipinski definition) is 6. The van der Waals surface area contributed by atoms with Crippen LogP contribution in [-0.4, -0.2) is 43.3 Å². The Morgan fingerprint density at radius 1 is 1.02 bits per heavy atom. The minimum Gasteiger partial charge on any atom is -0.478 e. The van der Waals surface area contributed by atoms with Crippen molar-refractivity contribution < 1.29 is 41.3 Å². The van der Waals surface area contributed by atoms with Crippen LogP contribution in [0.15, 0.2) is 48.7 Å². The second-order valence-electron chi connectivity index (χ2n) is 10.3. The van der Waals surface area contributed by atoms with Crippen molar-refractivity contribution in [2.24, 2.45) is 0 Å². The Morgan fingerprint density at radius 3 is 2.52 bits per heavy atom. The fraction of sp³-hybridized carbons (Fsp3) is 0.226. The number of benzene rings is 3. The van der Waals surface area contributed by atoms with Crippen molar-refractivity contribution >= 4 is 17.0 Å². The van der Waals surface area contributed by atoms with E-state index in [2.05, 4.69) is 15.0 Å². The van der Waals surface area contributed by atoms with Gasteiger partial charge in [0.2, 0.25) is 5.82 Å². The highest BCUT2D eigenvalue weighted by molar-refractivity contribution is 5.92. The summed E-state index contributed by atoms with van der Waals surface area (Å²) in [6.07, 6.45) is 0.706. The summed E-state index contributed by atoms with van der Waals surface area (Å²) in [7, 11) is 0. The van der Waals surface area contributed by atoms with E-state index in [0.29, 0.717) is 35.5 Å². The molecule has 1 N–H and O–H groups in total. The van der Waals surface area contributed by atoms with Gasteiger partial charge in [-0.15, -0.1) is 0 Å². The molecule has 1 unspecified atom stereocenters. The molecule has 0 radical (unpaired) electrons. The molecule has 1 aliphatic heterocycles. The predicted octanol–water partition coefficient (Wildman–Crippen LogP) is 6.15. The van der Waals surface area contributed by atoms with Gasteiger partial charge in [0.25, 0.3) is 5.88 Å². The average molecular weight is 611 g/mol. The number of carboxylic acid groups (broad SMARTS) is 1. The minimum atomic E-state index is -1.53. The maximum atomic E-state index is 15.5. The summed E-state index contributed by atoms with van der Waals surface area (Å²) < 4.78 is 87.3. The number of aromatic nitrogens is 4. The van der Waals surface area contributed by atoms with E-state index in [4.69, 9.17) is 9.47 Å². The van der Waals surface area contributed by atoms with Crippen LogP contribution in [0.5, 0.6) is 5.88 Å². The standard InChI is InChI=1S/C31H23F5N4O4/c1-15-2-3-17(21(32)8-15)14-44-30-23(34)12-37-29(39-30)20-10-22(33)19(27(35)28(20)36)11-26-38-24-5-4-16(31(41)42)9-25(24)40(26)13-18-6-7-43-18/h2-5,8-10,12,18H,6-7,11,13-14H2,1H3,(H,41,42). The van der Waals surface area contributed by atoms with Crippen LogP contribution in [0.2, 0.25) is 0 Å². The van der Waals surface area contributed by atoms with Gasteiger partial charge in [0.05, 0.1) is 41.0 Å². The summed E-state index contributed by atoms with van der Waals surface area (Å²) >= 11 is 0. The first kappa shape index (κ1) is 29.2. The van der Waals surface area contributed by atoms with Crippen LogP contribution in [0, 0.1) is 36.0 Å². The van der Waals surface area contributed by atoms with Crippen LogP contribution in [0.1, 0.15) is 39.3 Å². The first-order valence-electron chi connectivity index (χ1n) is 13.5. The topological polar surface area (TPSA) is 99.4 Å².